The Morgan fingerprint density at radius 3 is 2.70 bits per heavy atom. The van der Waals surface area contributed by atoms with Crippen LogP contribution < -0.4 is 5.32 Å². The van der Waals surface area contributed by atoms with Crippen molar-refractivity contribution in [2.24, 2.45) is 0 Å². The van der Waals surface area contributed by atoms with Crippen LogP contribution in [0.15, 0.2) is 48.5 Å². The number of methoxy groups -OCH3 is 1. The maximum atomic E-state index is 14.2. The fourth-order valence-electron chi connectivity index (χ4n) is 2.82. The van der Waals surface area contributed by atoms with E-state index in [-0.39, 0.29) is 5.82 Å². The molecular weight excluding hydrogens is 293 g/mol. The lowest BCUT2D eigenvalue weighted by Crippen LogP contribution is -2.20. The van der Waals surface area contributed by atoms with Crippen molar-refractivity contribution in [3.05, 3.63) is 65.5 Å². The zero-order valence-corrected chi connectivity index (χ0v) is 12.9. The molecule has 0 fully saturated rings. The van der Waals surface area contributed by atoms with Gasteiger partial charge in [0.05, 0.1) is 12.7 Å². The predicted molar refractivity (Wildman–Crippen MR) is 88.6 cm³/mol. The van der Waals surface area contributed by atoms with Gasteiger partial charge >= 0.3 is 5.97 Å². The van der Waals surface area contributed by atoms with Gasteiger partial charge in [-0.15, -0.1) is 0 Å². The molecule has 3 nitrogen and oxygen atoms in total. The van der Waals surface area contributed by atoms with Gasteiger partial charge in [-0.1, -0.05) is 30.3 Å². The van der Waals surface area contributed by atoms with E-state index in [0.717, 1.165) is 25.1 Å². The number of carbonyl (C=O) groups excluding carboxylic acids is 1. The maximum Gasteiger partial charge on any atom is 0.338 e. The van der Waals surface area contributed by atoms with Crippen LogP contribution in [0.2, 0.25) is 0 Å². The third-order valence-electron chi connectivity index (χ3n) is 4.02. The van der Waals surface area contributed by atoms with E-state index in [4.69, 9.17) is 4.74 Å². The summed E-state index contributed by atoms with van der Waals surface area (Å²) in [6.07, 6.45) is 3.04. The van der Waals surface area contributed by atoms with Gasteiger partial charge in [-0.2, -0.15) is 0 Å². The molecule has 4 heteroatoms. The lowest BCUT2D eigenvalue weighted by Gasteiger charge is -2.17. The van der Waals surface area contributed by atoms with E-state index in [1.807, 2.05) is 12.1 Å². The van der Waals surface area contributed by atoms with Gasteiger partial charge in [0.1, 0.15) is 5.82 Å². The number of hydrogen-bond acceptors (Lipinski definition) is 3. The van der Waals surface area contributed by atoms with Crippen LogP contribution in [0.4, 0.5) is 4.39 Å². The summed E-state index contributed by atoms with van der Waals surface area (Å²) in [5.41, 5.74) is 3.56. The zero-order chi connectivity index (χ0) is 16.2. The van der Waals surface area contributed by atoms with Gasteiger partial charge in [0.2, 0.25) is 0 Å². The molecule has 0 aromatic heterocycles. The third kappa shape index (κ3) is 3.17. The van der Waals surface area contributed by atoms with Crippen molar-refractivity contribution in [3.63, 3.8) is 0 Å². The minimum absolute atomic E-state index is 0.353. The maximum absolute atomic E-state index is 14.2. The summed E-state index contributed by atoms with van der Waals surface area (Å²) in [7, 11) is 1.33. The minimum Gasteiger partial charge on any atom is -0.465 e. The minimum atomic E-state index is -0.464. The molecule has 1 aliphatic heterocycles. The van der Waals surface area contributed by atoms with Gasteiger partial charge in [0.25, 0.3) is 0 Å². The van der Waals surface area contributed by atoms with Gasteiger partial charge < -0.3 is 10.1 Å². The number of benzene rings is 2. The number of nitrogens with one attached hydrogen (secondary N) is 1. The van der Waals surface area contributed by atoms with Crippen molar-refractivity contribution in [1.82, 2.24) is 5.32 Å². The number of ether oxygens (including phenoxy) is 1. The molecule has 0 atom stereocenters. The first-order chi connectivity index (χ1) is 11.2. The number of hydrogen-bond donors (Lipinski definition) is 1. The Balaban J connectivity index is 2.15. The van der Waals surface area contributed by atoms with Gasteiger partial charge in [-0.05, 0) is 47.9 Å². The Morgan fingerprint density at radius 1 is 1.17 bits per heavy atom. The fraction of sp³-hybridized carbons (Fsp3) is 0.211. The van der Waals surface area contributed by atoms with Crippen LogP contribution in [-0.4, -0.2) is 26.2 Å². The first-order valence-corrected chi connectivity index (χ1v) is 7.58. The smallest absolute Gasteiger partial charge is 0.338 e. The molecule has 0 saturated carbocycles. The van der Waals surface area contributed by atoms with Crippen molar-refractivity contribution in [2.75, 3.05) is 20.2 Å². The molecule has 0 spiro atoms. The summed E-state index contributed by atoms with van der Waals surface area (Å²) in [4.78, 5) is 12.0. The molecule has 2 aromatic carbocycles. The number of esters is 1. The molecule has 23 heavy (non-hydrogen) atoms. The largest absolute Gasteiger partial charge is 0.465 e. The normalized spacial score (nSPS) is 14.3. The SMILES string of the molecule is COC(=O)c1ccc(C2=CCNCC2)cc1-c1ccccc1F. The standard InChI is InChI=1S/C19H18FNO2/c1-23-19(22)16-7-6-14(13-8-10-21-11-9-13)12-17(16)15-4-2-3-5-18(15)20/h2-8,12,21H,9-11H2,1H3. The Morgan fingerprint density at radius 2 is 2.00 bits per heavy atom. The summed E-state index contributed by atoms with van der Waals surface area (Å²) in [6, 6.07) is 12.0. The highest BCUT2D eigenvalue weighted by Crippen LogP contribution is 2.31. The van der Waals surface area contributed by atoms with Gasteiger partial charge in [0.15, 0.2) is 0 Å². The van der Waals surface area contributed by atoms with Gasteiger partial charge in [-0.3, -0.25) is 0 Å². The lowest BCUT2D eigenvalue weighted by atomic mass is 9.92. The molecule has 2 aromatic rings. The van der Waals surface area contributed by atoms with Crippen LogP contribution in [0.5, 0.6) is 0 Å². The molecule has 0 radical (unpaired) electrons. The van der Waals surface area contributed by atoms with Crippen LogP contribution in [0.25, 0.3) is 16.7 Å². The topological polar surface area (TPSA) is 38.3 Å². The van der Waals surface area contributed by atoms with E-state index in [0.29, 0.717) is 16.7 Å². The zero-order valence-electron chi connectivity index (χ0n) is 12.9. The van der Waals surface area contributed by atoms with E-state index in [1.165, 1.54) is 18.7 Å². The van der Waals surface area contributed by atoms with Crippen LogP contribution >= 0.6 is 0 Å². The third-order valence-corrected chi connectivity index (χ3v) is 4.02. The highest BCUT2D eigenvalue weighted by molar-refractivity contribution is 5.98. The first-order valence-electron chi connectivity index (χ1n) is 7.58. The molecule has 0 amide bonds. The average Bonchev–Trinajstić information content (AvgIpc) is 2.62. The van der Waals surface area contributed by atoms with Crippen molar-refractivity contribution in [2.45, 2.75) is 6.42 Å². The van der Waals surface area contributed by atoms with Crippen molar-refractivity contribution < 1.29 is 13.9 Å². The average molecular weight is 311 g/mol. The molecule has 3 rings (SSSR count). The molecule has 118 valence electrons. The molecule has 0 aliphatic carbocycles. The van der Waals surface area contributed by atoms with Crippen LogP contribution in [0.1, 0.15) is 22.3 Å². The van der Waals surface area contributed by atoms with Crippen LogP contribution in [-0.2, 0) is 4.74 Å². The summed E-state index contributed by atoms with van der Waals surface area (Å²) >= 11 is 0. The fourth-order valence-corrected chi connectivity index (χ4v) is 2.82. The van der Waals surface area contributed by atoms with Crippen LogP contribution in [0, 0.1) is 5.82 Å². The number of halogens is 1. The summed E-state index contributed by atoms with van der Waals surface area (Å²) in [6.45, 7) is 1.74. The van der Waals surface area contributed by atoms with Crippen molar-refractivity contribution >= 4 is 11.5 Å². The molecule has 1 heterocycles. The Kier molecular flexibility index (Phi) is 4.53. The Hall–Kier alpha value is -2.46. The highest BCUT2D eigenvalue weighted by atomic mass is 19.1. The molecular formula is C19H18FNO2. The Labute approximate surface area is 134 Å². The van der Waals surface area contributed by atoms with Crippen molar-refractivity contribution in [3.8, 4) is 11.1 Å². The predicted octanol–water partition coefficient (Wildman–Crippen LogP) is 3.66. The molecule has 0 saturated heterocycles. The monoisotopic (exact) mass is 311 g/mol. The number of carbonyl (C=O) groups is 1. The second-order valence-electron chi connectivity index (χ2n) is 5.42. The summed E-state index contributed by atoms with van der Waals surface area (Å²) in [5.74, 6) is -0.816. The van der Waals surface area contributed by atoms with Gasteiger partial charge in [0, 0.05) is 12.1 Å². The Bertz CT molecular complexity index is 768. The molecule has 1 aliphatic rings. The van der Waals surface area contributed by atoms with E-state index < -0.39 is 5.97 Å². The van der Waals surface area contributed by atoms with Crippen molar-refractivity contribution in [1.29, 1.82) is 0 Å². The van der Waals surface area contributed by atoms with E-state index in [2.05, 4.69) is 11.4 Å². The summed E-state index contributed by atoms with van der Waals surface area (Å²) < 4.78 is 19.1. The summed E-state index contributed by atoms with van der Waals surface area (Å²) in [5, 5.41) is 3.27. The lowest BCUT2D eigenvalue weighted by molar-refractivity contribution is 0.0601. The molecule has 0 bridgehead atoms. The van der Waals surface area contributed by atoms with Crippen LogP contribution in [0.3, 0.4) is 0 Å². The number of rotatable bonds is 3. The molecule has 0 unspecified atom stereocenters. The van der Waals surface area contributed by atoms with E-state index >= 15 is 0 Å². The second-order valence-corrected chi connectivity index (χ2v) is 5.42. The van der Waals surface area contributed by atoms with E-state index in [9.17, 15) is 9.18 Å². The van der Waals surface area contributed by atoms with Gasteiger partial charge in [-0.25, -0.2) is 9.18 Å². The highest BCUT2D eigenvalue weighted by Gasteiger charge is 2.17. The first kappa shape index (κ1) is 15.4. The van der Waals surface area contributed by atoms with E-state index in [1.54, 1.807) is 24.3 Å². The second kappa shape index (κ2) is 6.75. The molecule has 1 N–H and O–H groups in total. The quantitative estimate of drug-likeness (QED) is 0.879.